The lowest BCUT2D eigenvalue weighted by atomic mass is 9.48. The minimum atomic E-state index is -0.992. The van der Waals surface area contributed by atoms with Crippen molar-refractivity contribution in [3.8, 4) is 0 Å². The van der Waals surface area contributed by atoms with Crippen LogP contribution in [0, 0.1) is 17.3 Å². The Morgan fingerprint density at radius 2 is 1.96 bits per heavy atom. The average Bonchev–Trinajstić information content (AvgIpc) is 2.55. The van der Waals surface area contributed by atoms with Gasteiger partial charge in [-0.2, -0.15) is 0 Å². The number of anilines is 1. The Morgan fingerprint density at radius 1 is 1.30 bits per heavy atom. The summed E-state index contributed by atoms with van der Waals surface area (Å²) in [6.45, 7) is 1.52. The third kappa shape index (κ3) is 3.55. The van der Waals surface area contributed by atoms with Gasteiger partial charge in [-0.05, 0) is 63.4 Å². The Labute approximate surface area is 167 Å². The van der Waals surface area contributed by atoms with E-state index in [-0.39, 0.29) is 16.8 Å². The lowest BCUT2D eigenvalue weighted by Gasteiger charge is -2.58. The van der Waals surface area contributed by atoms with Crippen molar-refractivity contribution in [1.82, 2.24) is 4.98 Å². The van der Waals surface area contributed by atoms with E-state index in [0.717, 1.165) is 32.1 Å². The second-order valence-electron chi connectivity index (χ2n) is 8.49. The second-order valence-corrected chi connectivity index (χ2v) is 9.33. The number of aliphatic hydroxyl groups is 1. The molecule has 4 bridgehead atoms. The first kappa shape index (κ1) is 19.0. The maximum Gasteiger partial charge on any atom is 0.312 e. The molecule has 6 nitrogen and oxygen atoms in total. The van der Waals surface area contributed by atoms with Crippen molar-refractivity contribution in [3.05, 3.63) is 22.3 Å². The van der Waals surface area contributed by atoms with Crippen molar-refractivity contribution < 1.29 is 19.4 Å². The third-order valence-electron chi connectivity index (χ3n) is 6.17. The molecule has 4 fully saturated rings. The topological polar surface area (TPSA) is 88.5 Å². The zero-order valence-corrected chi connectivity index (χ0v) is 16.5. The van der Waals surface area contributed by atoms with Crippen molar-refractivity contribution in [2.45, 2.75) is 57.2 Å². The molecule has 5 atom stereocenters. The normalized spacial score (nSPS) is 35.0. The largest absolute Gasteiger partial charge is 0.452 e. The summed E-state index contributed by atoms with van der Waals surface area (Å²) in [5.74, 6) is 0.00411. The van der Waals surface area contributed by atoms with Crippen molar-refractivity contribution in [2.75, 3.05) is 5.32 Å². The molecule has 4 aliphatic rings. The van der Waals surface area contributed by atoms with Crippen LogP contribution in [0.4, 0.5) is 5.82 Å². The summed E-state index contributed by atoms with van der Waals surface area (Å²) in [4.78, 5) is 29.3. The molecule has 4 saturated carbocycles. The van der Waals surface area contributed by atoms with Crippen LogP contribution < -0.4 is 5.32 Å². The first-order chi connectivity index (χ1) is 12.7. The number of nitrogens with zero attached hydrogens (tertiary/aromatic N) is 1. The van der Waals surface area contributed by atoms with Crippen LogP contribution in [-0.4, -0.2) is 33.7 Å². The van der Waals surface area contributed by atoms with Gasteiger partial charge in [-0.15, -0.1) is 0 Å². The third-order valence-corrected chi connectivity index (χ3v) is 6.66. The van der Waals surface area contributed by atoms with E-state index in [1.165, 1.54) is 19.2 Å². The summed E-state index contributed by atoms with van der Waals surface area (Å²) in [5.41, 5.74) is -1.42. The van der Waals surface area contributed by atoms with Gasteiger partial charge in [0, 0.05) is 6.20 Å². The Kier molecular flexibility index (Phi) is 4.64. The van der Waals surface area contributed by atoms with Gasteiger partial charge in [-0.25, -0.2) is 4.98 Å². The molecule has 146 valence electrons. The first-order valence-electron chi connectivity index (χ1n) is 9.23. The van der Waals surface area contributed by atoms with Gasteiger partial charge in [-0.3, -0.25) is 9.59 Å². The minimum absolute atomic E-state index is 0.165. The number of esters is 1. The number of carbonyl (C=O) groups excluding carboxylic acids is 2. The molecular formula is C19H22Cl2N2O4. The highest BCUT2D eigenvalue weighted by atomic mass is 35.5. The Balaban J connectivity index is 1.42. The molecule has 1 aromatic heterocycles. The molecule has 0 spiro atoms. The second kappa shape index (κ2) is 6.61. The number of carbonyl (C=O) groups is 2. The summed E-state index contributed by atoms with van der Waals surface area (Å²) in [6.07, 6.45) is 4.92. The SMILES string of the molecule is C[C@@H](OC(=O)C12C[C@@H]3C[C@@H](CC(O)(C3)C1)C2)C(=O)Nc1ncc(Cl)cc1Cl. The van der Waals surface area contributed by atoms with Crippen LogP contribution in [0.5, 0.6) is 0 Å². The summed E-state index contributed by atoms with van der Waals surface area (Å²) in [6, 6.07) is 1.47. The number of hydrogen-bond donors (Lipinski definition) is 2. The molecule has 5 rings (SSSR count). The van der Waals surface area contributed by atoms with Crippen LogP contribution in [0.1, 0.15) is 45.4 Å². The predicted octanol–water partition coefficient (Wildman–Crippen LogP) is 3.59. The monoisotopic (exact) mass is 412 g/mol. The number of aromatic nitrogens is 1. The molecule has 0 radical (unpaired) electrons. The maximum absolute atomic E-state index is 12.9. The van der Waals surface area contributed by atoms with Gasteiger partial charge < -0.3 is 15.2 Å². The zero-order valence-electron chi connectivity index (χ0n) is 15.0. The molecule has 0 aliphatic heterocycles. The average molecular weight is 413 g/mol. The van der Waals surface area contributed by atoms with Gasteiger partial charge in [0.2, 0.25) is 0 Å². The van der Waals surface area contributed by atoms with E-state index >= 15 is 0 Å². The summed E-state index contributed by atoms with van der Waals surface area (Å²) in [5, 5.41) is 13.9. The standard InChI is InChI=1S/C19H22Cl2N2O4/c1-10(16(24)23-15-14(21)3-13(20)8-22-15)27-17(25)18-4-11-2-12(5-18)7-19(26,6-11)9-18/h3,8,10-12,26H,2,4-7,9H2,1H3,(H,22,23,24)/t10-,11-,12+,18?,19?/m1/s1. The Morgan fingerprint density at radius 3 is 2.56 bits per heavy atom. The van der Waals surface area contributed by atoms with Gasteiger partial charge in [0.15, 0.2) is 11.9 Å². The highest BCUT2D eigenvalue weighted by Gasteiger charge is 2.61. The Bertz CT molecular complexity index is 786. The van der Waals surface area contributed by atoms with Gasteiger partial charge in [0.1, 0.15) is 0 Å². The van der Waals surface area contributed by atoms with Crippen LogP contribution in [0.25, 0.3) is 0 Å². The van der Waals surface area contributed by atoms with Crippen LogP contribution >= 0.6 is 23.2 Å². The molecule has 0 aromatic carbocycles. The number of ether oxygens (including phenoxy) is 1. The maximum atomic E-state index is 12.9. The molecule has 2 N–H and O–H groups in total. The van der Waals surface area contributed by atoms with E-state index in [0.29, 0.717) is 23.3 Å². The van der Waals surface area contributed by atoms with E-state index in [2.05, 4.69) is 10.3 Å². The molecule has 1 heterocycles. The quantitative estimate of drug-likeness (QED) is 0.737. The van der Waals surface area contributed by atoms with Crippen molar-refractivity contribution in [3.63, 3.8) is 0 Å². The van der Waals surface area contributed by atoms with Gasteiger partial charge in [0.05, 0.1) is 21.1 Å². The summed E-state index contributed by atoms with van der Waals surface area (Å²) < 4.78 is 5.52. The molecular weight excluding hydrogens is 391 g/mol. The fraction of sp³-hybridized carbons (Fsp3) is 0.632. The van der Waals surface area contributed by atoms with Crippen molar-refractivity contribution in [1.29, 1.82) is 0 Å². The van der Waals surface area contributed by atoms with E-state index in [1.54, 1.807) is 0 Å². The van der Waals surface area contributed by atoms with E-state index in [9.17, 15) is 14.7 Å². The summed E-state index contributed by atoms with van der Waals surface area (Å²) >= 11 is 11.8. The molecule has 1 amide bonds. The lowest BCUT2D eigenvalue weighted by Crippen LogP contribution is -2.59. The van der Waals surface area contributed by atoms with Crippen molar-refractivity contribution in [2.24, 2.45) is 17.3 Å². The highest BCUT2D eigenvalue weighted by molar-refractivity contribution is 6.36. The predicted molar refractivity (Wildman–Crippen MR) is 101 cm³/mol. The highest BCUT2D eigenvalue weighted by Crippen LogP contribution is 2.62. The number of rotatable bonds is 4. The minimum Gasteiger partial charge on any atom is -0.452 e. The fourth-order valence-corrected chi connectivity index (χ4v) is 5.94. The number of halogens is 2. The smallest absolute Gasteiger partial charge is 0.312 e. The zero-order chi connectivity index (χ0) is 19.4. The van der Waals surface area contributed by atoms with Gasteiger partial charge in [-0.1, -0.05) is 23.2 Å². The van der Waals surface area contributed by atoms with Crippen LogP contribution in [-0.2, 0) is 14.3 Å². The van der Waals surface area contributed by atoms with Crippen LogP contribution in [0.15, 0.2) is 12.3 Å². The molecule has 2 unspecified atom stereocenters. The molecule has 27 heavy (non-hydrogen) atoms. The lowest BCUT2D eigenvalue weighted by molar-refractivity contribution is -0.199. The van der Waals surface area contributed by atoms with E-state index in [4.69, 9.17) is 27.9 Å². The number of hydrogen-bond acceptors (Lipinski definition) is 5. The molecule has 1 aromatic rings. The molecule has 0 saturated heterocycles. The van der Waals surface area contributed by atoms with Gasteiger partial charge in [0.25, 0.3) is 5.91 Å². The molecule has 8 heteroatoms. The Hall–Kier alpha value is -1.37. The van der Waals surface area contributed by atoms with Crippen LogP contribution in [0.2, 0.25) is 10.0 Å². The van der Waals surface area contributed by atoms with Gasteiger partial charge >= 0.3 is 5.97 Å². The van der Waals surface area contributed by atoms with E-state index in [1.807, 2.05) is 0 Å². The van der Waals surface area contributed by atoms with Crippen LogP contribution in [0.3, 0.4) is 0 Å². The number of amides is 1. The first-order valence-corrected chi connectivity index (χ1v) is 9.99. The van der Waals surface area contributed by atoms with E-state index < -0.39 is 23.0 Å². The molecule has 4 aliphatic carbocycles. The van der Waals surface area contributed by atoms with Crippen molar-refractivity contribution >= 4 is 40.9 Å². The summed E-state index contributed by atoms with van der Waals surface area (Å²) in [7, 11) is 0. The number of pyridine rings is 1. The fourth-order valence-electron chi connectivity index (χ4n) is 5.52. The number of nitrogens with one attached hydrogen (secondary N) is 1.